The van der Waals surface area contributed by atoms with Crippen LogP contribution in [-0.2, 0) is 17.8 Å². The fourth-order valence-corrected chi connectivity index (χ4v) is 5.05. The summed E-state index contributed by atoms with van der Waals surface area (Å²) in [6.45, 7) is 4.76. The zero-order valence-corrected chi connectivity index (χ0v) is 15.5. The molecule has 1 saturated carbocycles. The van der Waals surface area contributed by atoms with Gasteiger partial charge in [-0.15, -0.1) is 22.7 Å². The number of rotatable bonds is 5. The average Bonchev–Trinajstić information content (AvgIpc) is 2.96. The molecule has 1 N–H and O–H groups in total. The van der Waals surface area contributed by atoms with Crippen molar-refractivity contribution in [2.45, 2.75) is 45.2 Å². The summed E-state index contributed by atoms with van der Waals surface area (Å²) in [5, 5.41) is 9.46. The molecule has 2 aromatic rings. The predicted octanol–water partition coefficient (Wildman–Crippen LogP) is 2.62. The molecule has 3 heterocycles. The SMILES string of the molecule is Cc1nc(CC(=O)N(Cc2nccs2)C2CC23CCNCC3)cs1. The van der Waals surface area contributed by atoms with Gasteiger partial charge in [0.05, 0.1) is 23.7 Å². The maximum atomic E-state index is 13.0. The quantitative estimate of drug-likeness (QED) is 0.888. The summed E-state index contributed by atoms with van der Waals surface area (Å²) in [5.74, 6) is 0.191. The van der Waals surface area contributed by atoms with E-state index in [1.54, 1.807) is 22.7 Å². The number of aryl methyl sites for hydroxylation is 1. The highest BCUT2D eigenvalue weighted by molar-refractivity contribution is 7.09. The highest BCUT2D eigenvalue weighted by Crippen LogP contribution is 2.56. The van der Waals surface area contributed by atoms with Crippen LogP contribution in [0.3, 0.4) is 0 Å². The number of thiazole rings is 2. The van der Waals surface area contributed by atoms with Gasteiger partial charge < -0.3 is 10.2 Å². The Kier molecular flexibility index (Phi) is 4.40. The Balaban J connectivity index is 1.51. The number of carbonyl (C=O) groups excluding carboxylic acids is 1. The van der Waals surface area contributed by atoms with Crippen molar-refractivity contribution >= 4 is 28.6 Å². The van der Waals surface area contributed by atoms with Gasteiger partial charge >= 0.3 is 0 Å². The number of nitrogens with one attached hydrogen (secondary N) is 1. The molecule has 0 aromatic carbocycles. The molecule has 1 aliphatic heterocycles. The van der Waals surface area contributed by atoms with Crippen LogP contribution in [0.25, 0.3) is 0 Å². The third kappa shape index (κ3) is 3.25. The number of aromatic nitrogens is 2. The molecule has 0 bridgehead atoms. The lowest BCUT2D eigenvalue weighted by Crippen LogP contribution is -2.39. The number of nitrogens with zero attached hydrogens (tertiary/aromatic N) is 3. The molecule has 1 amide bonds. The first-order chi connectivity index (χ1) is 11.7. The third-order valence-corrected chi connectivity index (χ3v) is 6.82. The second-order valence-electron chi connectivity index (χ2n) is 6.81. The van der Waals surface area contributed by atoms with Gasteiger partial charge in [-0.05, 0) is 44.7 Å². The van der Waals surface area contributed by atoms with Gasteiger partial charge in [-0.1, -0.05) is 0 Å². The molecule has 2 aromatic heterocycles. The smallest absolute Gasteiger partial charge is 0.229 e. The molecule has 1 aliphatic carbocycles. The van der Waals surface area contributed by atoms with Crippen molar-refractivity contribution in [3.05, 3.63) is 32.7 Å². The first-order valence-corrected chi connectivity index (χ1v) is 10.2. The number of piperidine rings is 1. The molecule has 128 valence electrons. The normalized spacial score (nSPS) is 21.8. The van der Waals surface area contributed by atoms with E-state index in [1.807, 2.05) is 23.9 Å². The summed E-state index contributed by atoms with van der Waals surface area (Å²) < 4.78 is 0. The molecule has 24 heavy (non-hydrogen) atoms. The average molecular weight is 363 g/mol. The summed E-state index contributed by atoms with van der Waals surface area (Å²) in [4.78, 5) is 23.9. The van der Waals surface area contributed by atoms with Crippen LogP contribution in [0.5, 0.6) is 0 Å². The van der Waals surface area contributed by atoms with Crippen molar-refractivity contribution in [3.63, 3.8) is 0 Å². The number of hydrogen-bond acceptors (Lipinski definition) is 6. The Hall–Kier alpha value is -1.31. The fraction of sp³-hybridized carbons (Fsp3) is 0.588. The molecular weight excluding hydrogens is 340 g/mol. The zero-order chi connectivity index (χ0) is 16.6. The van der Waals surface area contributed by atoms with E-state index in [0.29, 0.717) is 24.4 Å². The summed E-state index contributed by atoms with van der Waals surface area (Å²) in [7, 11) is 0. The first kappa shape index (κ1) is 16.2. The Morgan fingerprint density at radius 3 is 2.92 bits per heavy atom. The van der Waals surface area contributed by atoms with Crippen LogP contribution >= 0.6 is 22.7 Å². The lowest BCUT2D eigenvalue weighted by molar-refractivity contribution is -0.132. The Morgan fingerprint density at radius 1 is 1.42 bits per heavy atom. The largest absolute Gasteiger partial charge is 0.332 e. The van der Waals surface area contributed by atoms with E-state index in [4.69, 9.17) is 0 Å². The monoisotopic (exact) mass is 362 g/mol. The van der Waals surface area contributed by atoms with Crippen molar-refractivity contribution in [2.24, 2.45) is 5.41 Å². The first-order valence-electron chi connectivity index (χ1n) is 8.46. The number of carbonyl (C=O) groups is 1. The van der Waals surface area contributed by atoms with Crippen molar-refractivity contribution < 1.29 is 4.79 Å². The fourth-order valence-electron chi connectivity index (χ4n) is 3.82. The molecular formula is C17H22N4OS2. The van der Waals surface area contributed by atoms with Gasteiger partial charge in [-0.25, -0.2) is 9.97 Å². The van der Waals surface area contributed by atoms with E-state index in [0.717, 1.165) is 35.2 Å². The molecule has 0 radical (unpaired) electrons. The third-order valence-electron chi connectivity index (χ3n) is 5.23. The van der Waals surface area contributed by atoms with Crippen LogP contribution in [-0.4, -0.2) is 39.9 Å². The summed E-state index contributed by atoms with van der Waals surface area (Å²) >= 11 is 3.24. The summed E-state index contributed by atoms with van der Waals surface area (Å²) in [6, 6.07) is 0.371. The van der Waals surface area contributed by atoms with Crippen LogP contribution in [0.15, 0.2) is 17.0 Å². The van der Waals surface area contributed by atoms with Crippen molar-refractivity contribution in [2.75, 3.05) is 13.1 Å². The lowest BCUT2D eigenvalue weighted by atomic mass is 9.93. The van der Waals surface area contributed by atoms with Crippen molar-refractivity contribution in [1.29, 1.82) is 0 Å². The van der Waals surface area contributed by atoms with E-state index in [9.17, 15) is 4.79 Å². The predicted molar refractivity (Wildman–Crippen MR) is 96.2 cm³/mol. The standard InChI is InChI=1S/C17H22N4OS2/c1-12-20-13(11-24-12)8-16(22)21(10-15-19-6-7-23-15)14-9-17(14)2-4-18-5-3-17/h6-7,11,14,18H,2-5,8-10H2,1H3. The zero-order valence-electron chi connectivity index (χ0n) is 13.8. The van der Waals surface area contributed by atoms with E-state index >= 15 is 0 Å². The summed E-state index contributed by atoms with van der Waals surface area (Å²) in [5.41, 5.74) is 1.24. The van der Waals surface area contributed by atoms with Crippen molar-refractivity contribution in [3.8, 4) is 0 Å². The van der Waals surface area contributed by atoms with E-state index < -0.39 is 0 Å². The Labute approximate surface area is 150 Å². The van der Waals surface area contributed by atoms with Crippen LogP contribution in [0.2, 0.25) is 0 Å². The highest BCUT2D eigenvalue weighted by atomic mass is 32.1. The molecule has 1 unspecified atom stereocenters. The minimum absolute atomic E-state index is 0.191. The van der Waals surface area contributed by atoms with Crippen LogP contribution < -0.4 is 5.32 Å². The van der Waals surface area contributed by atoms with E-state index in [2.05, 4.69) is 20.2 Å². The molecule has 1 spiro atoms. The van der Waals surface area contributed by atoms with Crippen molar-refractivity contribution in [1.82, 2.24) is 20.2 Å². The van der Waals surface area contributed by atoms with Gasteiger partial charge in [0.1, 0.15) is 5.01 Å². The molecule has 7 heteroatoms. The van der Waals surface area contributed by atoms with Gasteiger partial charge in [0.15, 0.2) is 0 Å². The maximum absolute atomic E-state index is 13.0. The van der Waals surface area contributed by atoms with Gasteiger partial charge in [0.25, 0.3) is 0 Å². The second-order valence-corrected chi connectivity index (χ2v) is 8.86. The molecule has 1 atom stereocenters. The molecule has 4 rings (SSSR count). The number of hydrogen-bond donors (Lipinski definition) is 1. The van der Waals surface area contributed by atoms with Gasteiger partial charge in [0, 0.05) is 23.0 Å². The topological polar surface area (TPSA) is 58.1 Å². The molecule has 1 saturated heterocycles. The van der Waals surface area contributed by atoms with Crippen LogP contribution in [0, 0.1) is 12.3 Å². The summed E-state index contributed by atoms with van der Waals surface area (Å²) in [6.07, 6.45) is 5.71. The highest BCUT2D eigenvalue weighted by Gasteiger charge is 2.57. The van der Waals surface area contributed by atoms with Gasteiger partial charge in [-0.3, -0.25) is 4.79 Å². The minimum Gasteiger partial charge on any atom is -0.332 e. The Morgan fingerprint density at radius 2 is 2.25 bits per heavy atom. The minimum atomic E-state index is 0.191. The molecule has 5 nitrogen and oxygen atoms in total. The molecule has 2 fully saturated rings. The van der Waals surface area contributed by atoms with Gasteiger partial charge in [-0.2, -0.15) is 0 Å². The van der Waals surface area contributed by atoms with E-state index in [1.165, 1.54) is 12.8 Å². The molecule has 2 aliphatic rings. The number of amides is 1. The van der Waals surface area contributed by atoms with Gasteiger partial charge in [0.2, 0.25) is 5.91 Å². The van der Waals surface area contributed by atoms with Crippen LogP contribution in [0.1, 0.15) is 35.0 Å². The van der Waals surface area contributed by atoms with Crippen LogP contribution in [0.4, 0.5) is 0 Å². The van der Waals surface area contributed by atoms with E-state index in [-0.39, 0.29) is 5.91 Å². The Bertz CT molecular complexity index is 706. The maximum Gasteiger partial charge on any atom is 0.229 e. The lowest BCUT2D eigenvalue weighted by Gasteiger charge is -2.29. The second kappa shape index (κ2) is 6.54.